The minimum Gasteiger partial charge on any atom is -0.462 e. The van der Waals surface area contributed by atoms with E-state index in [0.717, 1.165) is 0 Å². The van der Waals surface area contributed by atoms with Crippen LogP contribution >= 0.6 is 34.2 Å². The fourth-order valence-corrected chi connectivity index (χ4v) is 10.2. The predicted octanol–water partition coefficient (Wildman–Crippen LogP) is 3.44. The van der Waals surface area contributed by atoms with Crippen LogP contribution in [0.1, 0.15) is 74.1 Å². The van der Waals surface area contributed by atoms with Crippen molar-refractivity contribution in [3.63, 3.8) is 0 Å². The van der Waals surface area contributed by atoms with Crippen LogP contribution in [-0.4, -0.2) is 93.6 Å². The second-order valence-electron chi connectivity index (χ2n) is 13.8. The van der Waals surface area contributed by atoms with Crippen LogP contribution in [0.5, 0.6) is 0 Å². The van der Waals surface area contributed by atoms with E-state index in [0.29, 0.717) is 4.43 Å². The van der Waals surface area contributed by atoms with E-state index in [4.69, 9.17) is 44.8 Å². The lowest BCUT2D eigenvalue weighted by Gasteiger charge is -2.57. The molecule has 2 bridgehead atoms. The minimum atomic E-state index is -1.60. The van der Waals surface area contributed by atoms with Crippen molar-refractivity contribution in [2.45, 2.75) is 127 Å². The highest BCUT2D eigenvalue weighted by Gasteiger charge is 2.82. The maximum Gasteiger partial charge on any atom is 0.312 e. The summed E-state index contributed by atoms with van der Waals surface area (Å²) in [5.41, 5.74) is -5.23. The molecule has 0 amide bonds. The molecule has 0 radical (unpaired) electrons. The summed E-state index contributed by atoms with van der Waals surface area (Å²) in [6.45, 7) is 11.1. The summed E-state index contributed by atoms with van der Waals surface area (Å²) in [5.74, 6) is -4.80. The van der Waals surface area contributed by atoms with E-state index >= 15 is 0 Å². The molecule has 2 spiro atoms. The standard InChI is InChI=1S/C31H42ClIO12/c1-14(2)10-22(37)43-21-11-20(41-17(5)35)28(7)19(40-16(4)34)8-9-29(12-33)24(32)26-31(45-29,15(3)27(38)44-26)25(42-18(6)36)23(28)30(21)13-39-30/h14-15,19-21,23-26H,8-13H2,1-7H3/t15-,19-,20-,21+,23+,24+,25-,26-,28-,29+,30+,31+/m0/s1. The Labute approximate surface area is 281 Å². The summed E-state index contributed by atoms with van der Waals surface area (Å²) in [7, 11) is 0. The third-order valence-electron chi connectivity index (χ3n) is 10.5. The smallest absolute Gasteiger partial charge is 0.312 e. The number of carbonyl (C=O) groups excluding carboxylic acids is 5. The number of ether oxygens (including phenoxy) is 7. The van der Waals surface area contributed by atoms with Gasteiger partial charge >= 0.3 is 29.8 Å². The average molecular weight is 769 g/mol. The number of carbonyl (C=O) groups is 5. The number of hydrogen-bond donors (Lipinski definition) is 0. The number of hydrogen-bond acceptors (Lipinski definition) is 12. The molecular weight excluding hydrogens is 727 g/mol. The van der Waals surface area contributed by atoms with Crippen LogP contribution in [0.2, 0.25) is 0 Å². The summed E-state index contributed by atoms with van der Waals surface area (Å²) in [6.07, 6.45) is -4.45. The van der Waals surface area contributed by atoms with Crippen LogP contribution in [0.3, 0.4) is 0 Å². The van der Waals surface area contributed by atoms with E-state index < -0.39 is 99.8 Å². The molecule has 5 aliphatic rings. The van der Waals surface area contributed by atoms with Crippen molar-refractivity contribution in [3.05, 3.63) is 0 Å². The van der Waals surface area contributed by atoms with Crippen molar-refractivity contribution in [1.29, 1.82) is 0 Å². The zero-order valence-corrected chi connectivity index (χ0v) is 29.5. The van der Waals surface area contributed by atoms with Crippen LogP contribution in [0.15, 0.2) is 0 Å². The number of fused-ring (bicyclic) bond motifs is 3. The van der Waals surface area contributed by atoms with E-state index in [-0.39, 0.29) is 38.2 Å². The molecule has 0 N–H and O–H groups in total. The second-order valence-corrected chi connectivity index (χ2v) is 15.0. The second kappa shape index (κ2) is 12.1. The monoisotopic (exact) mass is 768 g/mol. The normalized spacial score (nSPS) is 44.9. The first-order chi connectivity index (χ1) is 21.0. The SMILES string of the molecule is CC(=O)O[C@H]1CC[C@]2(CI)O[C@]3([C@@H](C)C(=O)O[C@H]3[C@H]2Cl)[C@@H](OC(C)=O)[C@H]2[C@@]3(CO3)[C@H](OC(=O)CC(C)C)C[C@H](OC(C)=O)[C@]12C. The Morgan fingerprint density at radius 2 is 1.60 bits per heavy atom. The first-order valence-electron chi connectivity index (χ1n) is 15.4. The molecule has 0 aromatic carbocycles. The number of alkyl halides is 2. The lowest BCUT2D eigenvalue weighted by Crippen LogP contribution is -2.71. The molecule has 4 saturated heterocycles. The molecular formula is C31H42ClIO12. The van der Waals surface area contributed by atoms with Gasteiger partial charge in [0, 0.05) is 44.0 Å². The Morgan fingerprint density at radius 3 is 2.13 bits per heavy atom. The average Bonchev–Trinajstić information content (AvgIpc) is 3.62. The highest BCUT2D eigenvalue weighted by Crippen LogP contribution is 2.66. The Hall–Kier alpha value is -1.71. The summed E-state index contributed by atoms with van der Waals surface area (Å²) in [4.78, 5) is 64.9. The van der Waals surface area contributed by atoms with E-state index in [1.54, 1.807) is 6.92 Å². The molecule has 5 rings (SSSR count). The Morgan fingerprint density at radius 1 is 1.00 bits per heavy atom. The number of rotatable bonds is 7. The maximum absolute atomic E-state index is 13.3. The molecule has 0 aromatic heterocycles. The van der Waals surface area contributed by atoms with Gasteiger partial charge in [-0.2, -0.15) is 0 Å². The topological polar surface area (TPSA) is 153 Å². The molecule has 0 aromatic rings. The van der Waals surface area contributed by atoms with Crippen LogP contribution in [-0.2, 0) is 57.1 Å². The summed E-state index contributed by atoms with van der Waals surface area (Å²) in [6, 6.07) is 0. The van der Waals surface area contributed by atoms with E-state index in [2.05, 4.69) is 22.6 Å². The Bertz CT molecular complexity index is 1250. The molecule has 45 heavy (non-hydrogen) atoms. The number of epoxide rings is 1. The Balaban J connectivity index is 1.80. The molecule has 0 unspecified atom stereocenters. The molecule has 1 aliphatic carbocycles. The van der Waals surface area contributed by atoms with Crippen molar-refractivity contribution in [2.24, 2.45) is 23.2 Å². The highest BCUT2D eigenvalue weighted by atomic mass is 127. The maximum atomic E-state index is 13.3. The summed E-state index contributed by atoms with van der Waals surface area (Å²) < 4.78 is 44.0. The van der Waals surface area contributed by atoms with Gasteiger partial charge in [0.1, 0.15) is 35.4 Å². The van der Waals surface area contributed by atoms with Gasteiger partial charge in [0.2, 0.25) is 0 Å². The van der Waals surface area contributed by atoms with Gasteiger partial charge in [0.25, 0.3) is 0 Å². The van der Waals surface area contributed by atoms with Crippen molar-refractivity contribution in [3.8, 4) is 0 Å². The summed E-state index contributed by atoms with van der Waals surface area (Å²) in [5, 5.41) is -0.840. The highest BCUT2D eigenvalue weighted by molar-refractivity contribution is 14.1. The van der Waals surface area contributed by atoms with Crippen molar-refractivity contribution >= 4 is 64.0 Å². The fraction of sp³-hybridized carbons (Fsp3) is 0.839. The first kappa shape index (κ1) is 34.6. The van der Waals surface area contributed by atoms with Crippen molar-refractivity contribution < 1.29 is 57.1 Å². The summed E-state index contributed by atoms with van der Waals surface area (Å²) >= 11 is 9.34. The third-order valence-corrected chi connectivity index (χ3v) is 12.4. The lowest BCUT2D eigenvalue weighted by atomic mass is 9.52. The van der Waals surface area contributed by atoms with Crippen LogP contribution in [0.4, 0.5) is 0 Å². The number of halogens is 2. The van der Waals surface area contributed by atoms with E-state index in [1.165, 1.54) is 20.8 Å². The van der Waals surface area contributed by atoms with Crippen LogP contribution < -0.4 is 0 Å². The van der Waals surface area contributed by atoms with Crippen molar-refractivity contribution in [2.75, 3.05) is 11.0 Å². The quantitative estimate of drug-likeness (QED) is 0.123. The van der Waals surface area contributed by atoms with Gasteiger partial charge in [0.05, 0.1) is 23.5 Å². The molecule has 14 heteroatoms. The number of esters is 5. The predicted molar refractivity (Wildman–Crippen MR) is 164 cm³/mol. The zero-order valence-electron chi connectivity index (χ0n) is 26.6. The van der Waals surface area contributed by atoms with Gasteiger partial charge in [-0.1, -0.05) is 43.4 Å². The van der Waals surface area contributed by atoms with Gasteiger partial charge in [-0.3, -0.25) is 24.0 Å². The molecule has 12 atom stereocenters. The van der Waals surface area contributed by atoms with Crippen LogP contribution in [0, 0.1) is 23.2 Å². The van der Waals surface area contributed by atoms with E-state index in [9.17, 15) is 24.0 Å². The third kappa shape index (κ3) is 5.44. The van der Waals surface area contributed by atoms with Gasteiger partial charge < -0.3 is 33.2 Å². The largest absolute Gasteiger partial charge is 0.462 e. The van der Waals surface area contributed by atoms with Gasteiger partial charge in [-0.05, 0) is 25.7 Å². The Kier molecular flexibility index (Phi) is 9.29. The first-order valence-corrected chi connectivity index (χ1v) is 17.4. The lowest BCUT2D eigenvalue weighted by molar-refractivity contribution is -0.259. The van der Waals surface area contributed by atoms with Gasteiger partial charge in [-0.25, -0.2) is 0 Å². The molecule has 5 fully saturated rings. The van der Waals surface area contributed by atoms with Gasteiger partial charge in [0.15, 0.2) is 11.7 Å². The van der Waals surface area contributed by atoms with Crippen LogP contribution in [0.25, 0.3) is 0 Å². The van der Waals surface area contributed by atoms with E-state index in [1.807, 2.05) is 20.8 Å². The van der Waals surface area contributed by atoms with Crippen molar-refractivity contribution in [1.82, 2.24) is 0 Å². The zero-order chi connectivity index (χ0) is 33.3. The molecule has 4 aliphatic heterocycles. The minimum absolute atomic E-state index is 0.00910. The van der Waals surface area contributed by atoms with Gasteiger partial charge in [-0.15, -0.1) is 11.6 Å². The fourth-order valence-electron chi connectivity index (χ4n) is 8.44. The molecule has 1 saturated carbocycles. The molecule has 12 nitrogen and oxygen atoms in total. The molecule has 4 heterocycles. The molecule has 252 valence electrons.